The molecule has 2 heterocycles. The number of benzene rings is 1. The number of nitrogens with zero attached hydrogens (tertiary/aromatic N) is 3. The predicted molar refractivity (Wildman–Crippen MR) is 94.9 cm³/mol. The van der Waals surface area contributed by atoms with Crippen LogP contribution < -0.4 is 10.6 Å². The predicted octanol–water partition coefficient (Wildman–Crippen LogP) is 2.77. The number of nitrogens with one attached hydrogen (secondary N) is 2. The van der Waals surface area contributed by atoms with Gasteiger partial charge in [0.2, 0.25) is 0 Å². The lowest BCUT2D eigenvalue weighted by Gasteiger charge is -2.13. The molecule has 0 radical (unpaired) electrons. The molecule has 3 rings (SSSR count). The Morgan fingerprint density at radius 3 is 2.71 bits per heavy atom. The van der Waals surface area contributed by atoms with Crippen LogP contribution in [0.2, 0.25) is 0 Å². The van der Waals surface area contributed by atoms with E-state index in [-0.39, 0.29) is 0 Å². The van der Waals surface area contributed by atoms with Crippen LogP contribution in [0.25, 0.3) is 11.4 Å². The van der Waals surface area contributed by atoms with Crippen LogP contribution in [-0.4, -0.2) is 35.7 Å². The van der Waals surface area contributed by atoms with Gasteiger partial charge in [0.05, 0.1) is 5.69 Å². The minimum Gasteiger partial charge on any atom is -0.474 e. The van der Waals surface area contributed by atoms with Gasteiger partial charge in [-0.2, -0.15) is 0 Å². The van der Waals surface area contributed by atoms with E-state index in [4.69, 9.17) is 9.72 Å². The fraction of sp³-hybridized carbons (Fsp3) is 0.333. The maximum Gasteiger partial charge on any atom is 0.161 e. The van der Waals surface area contributed by atoms with Gasteiger partial charge in [0.1, 0.15) is 17.4 Å². The maximum absolute atomic E-state index is 5.55. The minimum absolute atomic E-state index is 0.493. The Morgan fingerprint density at radius 1 is 1.21 bits per heavy atom. The SMILES string of the molecule is CCC1=C(Nc2cc(CN(C)C)nc(-c3ccccc3)n2)NCO1. The van der Waals surface area contributed by atoms with Gasteiger partial charge in [-0.15, -0.1) is 0 Å². The molecule has 1 aliphatic rings. The molecule has 1 aliphatic heterocycles. The van der Waals surface area contributed by atoms with Gasteiger partial charge in [-0.25, -0.2) is 9.97 Å². The molecule has 2 N–H and O–H groups in total. The number of allylic oxidation sites excluding steroid dienone is 1. The molecule has 126 valence electrons. The normalized spacial score (nSPS) is 13.8. The molecule has 0 unspecified atom stereocenters. The van der Waals surface area contributed by atoms with E-state index in [1.165, 1.54) is 0 Å². The van der Waals surface area contributed by atoms with Crippen LogP contribution in [-0.2, 0) is 11.3 Å². The van der Waals surface area contributed by atoms with Crippen LogP contribution in [0.15, 0.2) is 48.0 Å². The third-order valence-electron chi connectivity index (χ3n) is 3.64. The second-order valence-electron chi connectivity index (χ2n) is 5.91. The molecule has 0 saturated heterocycles. The van der Waals surface area contributed by atoms with Gasteiger partial charge in [0.15, 0.2) is 12.6 Å². The van der Waals surface area contributed by atoms with Crippen molar-refractivity contribution in [3.8, 4) is 11.4 Å². The Labute approximate surface area is 142 Å². The Morgan fingerprint density at radius 2 is 2.00 bits per heavy atom. The highest BCUT2D eigenvalue weighted by molar-refractivity contribution is 5.58. The van der Waals surface area contributed by atoms with Crippen molar-refractivity contribution in [1.82, 2.24) is 20.2 Å². The van der Waals surface area contributed by atoms with E-state index in [9.17, 15) is 0 Å². The third kappa shape index (κ3) is 3.83. The number of aromatic nitrogens is 2. The van der Waals surface area contributed by atoms with Gasteiger partial charge < -0.3 is 20.3 Å². The largest absolute Gasteiger partial charge is 0.474 e. The molecule has 0 saturated carbocycles. The molecule has 1 aromatic carbocycles. The molecule has 0 spiro atoms. The molecule has 2 aromatic rings. The Kier molecular flexibility index (Phi) is 4.96. The van der Waals surface area contributed by atoms with Crippen molar-refractivity contribution in [3.63, 3.8) is 0 Å². The summed E-state index contributed by atoms with van der Waals surface area (Å²) in [4.78, 5) is 11.5. The van der Waals surface area contributed by atoms with Crippen molar-refractivity contribution in [3.05, 3.63) is 53.7 Å². The Bertz CT molecular complexity index is 727. The zero-order valence-electron chi connectivity index (χ0n) is 14.3. The van der Waals surface area contributed by atoms with E-state index in [1.54, 1.807) is 0 Å². The summed E-state index contributed by atoms with van der Waals surface area (Å²) in [7, 11) is 4.06. The lowest BCUT2D eigenvalue weighted by atomic mass is 10.2. The van der Waals surface area contributed by atoms with Crippen LogP contribution in [0.3, 0.4) is 0 Å². The minimum atomic E-state index is 0.493. The first-order valence-electron chi connectivity index (χ1n) is 8.10. The highest BCUT2D eigenvalue weighted by Gasteiger charge is 2.15. The molecule has 0 aliphatic carbocycles. The van der Waals surface area contributed by atoms with Crippen LogP contribution >= 0.6 is 0 Å². The fourth-order valence-corrected chi connectivity index (χ4v) is 2.57. The number of ether oxygens (including phenoxy) is 1. The van der Waals surface area contributed by atoms with Crippen molar-refractivity contribution >= 4 is 5.82 Å². The molecule has 0 fully saturated rings. The second kappa shape index (κ2) is 7.31. The van der Waals surface area contributed by atoms with Crippen LogP contribution in [0.4, 0.5) is 5.82 Å². The highest BCUT2D eigenvalue weighted by atomic mass is 16.5. The zero-order chi connectivity index (χ0) is 16.9. The molecule has 0 bridgehead atoms. The smallest absolute Gasteiger partial charge is 0.161 e. The second-order valence-corrected chi connectivity index (χ2v) is 5.91. The number of hydrogen-bond acceptors (Lipinski definition) is 6. The van der Waals surface area contributed by atoms with E-state index in [0.717, 1.165) is 47.4 Å². The van der Waals surface area contributed by atoms with Crippen molar-refractivity contribution in [2.45, 2.75) is 19.9 Å². The molecular weight excluding hydrogens is 302 g/mol. The fourth-order valence-electron chi connectivity index (χ4n) is 2.57. The van der Waals surface area contributed by atoms with Gasteiger partial charge in [0, 0.05) is 24.6 Å². The summed E-state index contributed by atoms with van der Waals surface area (Å²) in [6, 6.07) is 12.0. The first-order chi connectivity index (χ1) is 11.7. The van der Waals surface area contributed by atoms with E-state index < -0.39 is 0 Å². The molecule has 0 atom stereocenters. The summed E-state index contributed by atoms with van der Waals surface area (Å²) in [5.74, 6) is 3.28. The van der Waals surface area contributed by atoms with Crippen LogP contribution in [0.5, 0.6) is 0 Å². The lowest BCUT2D eigenvalue weighted by Crippen LogP contribution is -2.17. The van der Waals surface area contributed by atoms with Crippen LogP contribution in [0.1, 0.15) is 19.0 Å². The summed E-state index contributed by atoms with van der Waals surface area (Å²) in [5, 5.41) is 6.54. The monoisotopic (exact) mass is 325 g/mol. The van der Waals surface area contributed by atoms with Crippen molar-refractivity contribution in [1.29, 1.82) is 0 Å². The lowest BCUT2D eigenvalue weighted by molar-refractivity contribution is 0.225. The van der Waals surface area contributed by atoms with Gasteiger partial charge in [-0.05, 0) is 14.1 Å². The Hall–Kier alpha value is -2.60. The molecule has 1 aromatic heterocycles. The van der Waals surface area contributed by atoms with E-state index in [0.29, 0.717) is 6.73 Å². The number of hydrogen-bond donors (Lipinski definition) is 2. The van der Waals surface area contributed by atoms with E-state index in [1.807, 2.05) is 50.5 Å². The summed E-state index contributed by atoms with van der Waals surface area (Å²) in [6.07, 6.45) is 0.830. The van der Waals surface area contributed by atoms with Gasteiger partial charge in [-0.3, -0.25) is 0 Å². The van der Waals surface area contributed by atoms with Crippen LogP contribution in [0, 0.1) is 0 Å². The Balaban J connectivity index is 1.96. The van der Waals surface area contributed by atoms with E-state index >= 15 is 0 Å². The summed E-state index contributed by atoms with van der Waals surface area (Å²) in [6.45, 7) is 3.31. The first-order valence-corrected chi connectivity index (χ1v) is 8.10. The maximum atomic E-state index is 5.55. The molecule has 6 heteroatoms. The van der Waals surface area contributed by atoms with Crippen molar-refractivity contribution in [2.24, 2.45) is 0 Å². The summed E-state index contributed by atoms with van der Waals surface area (Å²) in [5.41, 5.74) is 1.97. The average molecular weight is 325 g/mol. The highest BCUT2D eigenvalue weighted by Crippen LogP contribution is 2.21. The molecule has 0 amide bonds. The first kappa shape index (κ1) is 16.3. The van der Waals surface area contributed by atoms with Gasteiger partial charge >= 0.3 is 0 Å². The van der Waals surface area contributed by atoms with Gasteiger partial charge in [-0.1, -0.05) is 37.3 Å². The van der Waals surface area contributed by atoms with Crippen molar-refractivity contribution in [2.75, 3.05) is 26.1 Å². The standard InChI is InChI=1S/C18H23N5O/c1-4-15-18(19-12-24-15)22-16-10-14(11-23(2)3)20-17(21-16)13-8-6-5-7-9-13/h5-10,19H,4,11-12H2,1-3H3,(H,20,21,22). The number of anilines is 1. The quantitative estimate of drug-likeness (QED) is 0.851. The van der Waals surface area contributed by atoms with Crippen molar-refractivity contribution < 1.29 is 4.74 Å². The summed E-state index contributed by atoms with van der Waals surface area (Å²) >= 11 is 0. The van der Waals surface area contributed by atoms with Gasteiger partial charge in [0.25, 0.3) is 0 Å². The summed E-state index contributed by atoms with van der Waals surface area (Å²) < 4.78 is 5.55. The average Bonchev–Trinajstić information content (AvgIpc) is 3.02. The molecule has 24 heavy (non-hydrogen) atoms. The zero-order valence-corrected chi connectivity index (χ0v) is 14.3. The van der Waals surface area contributed by atoms with E-state index in [2.05, 4.69) is 27.4 Å². The molecule has 6 nitrogen and oxygen atoms in total. The third-order valence-corrected chi connectivity index (χ3v) is 3.64. The number of rotatable bonds is 6. The topological polar surface area (TPSA) is 62.3 Å². The molecular formula is C18H23N5O.